The molecule has 2 aromatic carbocycles. The molecule has 0 radical (unpaired) electrons. The molecule has 3 saturated carbocycles. The molecule has 1 N–H and O–H groups in total. The van der Waals surface area contributed by atoms with Crippen LogP contribution in [0.5, 0.6) is 0 Å². The molecular formula is C29H32FNO5S. The Morgan fingerprint density at radius 1 is 0.946 bits per heavy atom. The summed E-state index contributed by atoms with van der Waals surface area (Å²) in [6, 6.07) is 10.4. The number of amides is 1. The lowest BCUT2D eigenvalue weighted by atomic mass is 9.53. The average molecular weight is 526 g/mol. The van der Waals surface area contributed by atoms with Crippen molar-refractivity contribution in [3.05, 3.63) is 65.0 Å². The molecule has 4 aliphatic carbocycles. The summed E-state index contributed by atoms with van der Waals surface area (Å²) in [5, 5.41) is 9.78. The Morgan fingerprint density at radius 3 is 2.19 bits per heavy atom. The third kappa shape index (κ3) is 3.30. The van der Waals surface area contributed by atoms with Gasteiger partial charge in [0, 0.05) is 12.0 Å². The van der Waals surface area contributed by atoms with E-state index in [1.165, 1.54) is 24.3 Å². The molecule has 1 saturated heterocycles. The van der Waals surface area contributed by atoms with Crippen LogP contribution in [-0.4, -0.2) is 42.9 Å². The maximum absolute atomic E-state index is 14.4. The molecule has 1 amide bonds. The molecule has 0 aromatic heterocycles. The summed E-state index contributed by atoms with van der Waals surface area (Å²) in [4.78, 5) is 28.1. The molecule has 2 aromatic rings. The van der Waals surface area contributed by atoms with Gasteiger partial charge < -0.3 is 10.0 Å². The van der Waals surface area contributed by atoms with Crippen molar-refractivity contribution in [3.8, 4) is 0 Å². The average Bonchev–Trinajstić information content (AvgIpc) is 3.31. The highest BCUT2D eigenvalue weighted by Gasteiger charge is 2.64. The number of halogens is 1. The van der Waals surface area contributed by atoms with Crippen LogP contribution in [0, 0.1) is 23.6 Å². The van der Waals surface area contributed by atoms with Gasteiger partial charge in [-0.05, 0) is 100 Å². The Bertz CT molecular complexity index is 1380. The first-order chi connectivity index (χ1) is 17.5. The highest BCUT2D eigenvalue weighted by Crippen LogP contribution is 2.60. The molecule has 2 bridgehead atoms. The molecule has 2 unspecified atom stereocenters. The summed E-state index contributed by atoms with van der Waals surface area (Å²) in [6.07, 6.45) is 4.60. The number of carbonyl (C=O) groups excluding carboxylic acids is 1. The predicted molar refractivity (Wildman–Crippen MR) is 135 cm³/mol. The number of sulfone groups is 1. The van der Waals surface area contributed by atoms with Gasteiger partial charge in [-0.1, -0.05) is 23.8 Å². The molecule has 37 heavy (non-hydrogen) atoms. The lowest BCUT2D eigenvalue weighted by Gasteiger charge is -2.52. The molecule has 4 fully saturated rings. The molecule has 8 heteroatoms. The Hall–Kier alpha value is -2.74. The fourth-order valence-corrected chi connectivity index (χ4v) is 10.2. The van der Waals surface area contributed by atoms with Crippen molar-refractivity contribution in [2.75, 3.05) is 6.54 Å². The van der Waals surface area contributed by atoms with Crippen molar-refractivity contribution in [3.63, 3.8) is 0 Å². The van der Waals surface area contributed by atoms with Crippen LogP contribution in [0.4, 0.5) is 4.39 Å². The number of aryl methyl sites for hydroxylation is 2. The molecule has 0 spiro atoms. The van der Waals surface area contributed by atoms with Crippen molar-refractivity contribution in [2.24, 2.45) is 10.8 Å². The molecule has 1 heterocycles. The van der Waals surface area contributed by atoms with Crippen molar-refractivity contribution in [1.82, 2.24) is 4.90 Å². The fraction of sp³-hybridized carbons (Fsp3) is 0.517. The summed E-state index contributed by atoms with van der Waals surface area (Å²) in [7, 11) is -3.98. The Labute approximate surface area is 216 Å². The van der Waals surface area contributed by atoms with Crippen LogP contribution in [0.3, 0.4) is 0 Å². The number of likely N-dealkylation sites (tertiary alicyclic amines) is 1. The van der Waals surface area contributed by atoms with E-state index in [-0.39, 0.29) is 17.2 Å². The van der Waals surface area contributed by atoms with Crippen LogP contribution in [0.1, 0.15) is 68.1 Å². The molecular weight excluding hydrogens is 493 g/mol. The monoisotopic (exact) mass is 525 g/mol. The van der Waals surface area contributed by atoms with Gasteiger partial charge in [-0.2, -0.15) is 0 Å². The van der Waals surface area contributed by atoms with Gasteiger partial charge in [0.25, 0.3) is 0 Å². The summed E-state index contributed by atoms with van der Waals surface area (Å²) in [6.45, 7) is 2.32. The minimum absolute atomic E-state index is 0.0112. The number of fused-ring (bicyclic) bond motifs is 6. The lowest BCUT2D eigenvalue weighted by Crippen LogP contribution is -2.57. The van der Waals surface area contributed by atoms with Gasteiger partial charge in [-0.15, -0.1) is 0 Å². The van der Waals surface area contributed by atoms with Crippen molar-refractivity contribution < 1.29 is 27.5 Å². The van der Waals surface area contributed by atoms with Gasteiger partial charge in [0.1, 0.15) is 10.6 Å². The van der Waals surface area contributed by atoms with Crippen LogP contribution in [0.2, 0.25) is 0 Å². The van der Waals surface area contributed by atoms with Gasteiger partial charge in [-0.25, -0.2) is 12.8 Å². The standard InChI is InChI=1S/C29H32FNO5S/c1-19-2-8-23-20(18-19)3-9-24-29(23,37(35,36)22-6-4-21(30)5-7-22)16-17-31(24)25(32)27-10-13-28(14-11-27,15-12-27)26(33)34/h2,4-8,18,24H,3,9-17H2,1H3,(H,33,34). The number of hydrogen-bond acceptors (Lipinski definition) is 4. The van der Waals surface area contributed by atoms with Gasteiger partial charge >= 0.3 is 5.97 Å². The van der Waals surface area contributed by atoms with Crippen LogP contribution >= 0.6 is 0 Å². The molecule has 1 aliphatic heterocycles. The van der Waals surface area contributed by atoms with Crippen LogP contribution in [0.15, 0.2) is 47.4 Å². The van der Waals surface area contributed by atoms with Crippen LogP contribution in [0.25, 0.3) is 0 Å². The molecule has 5 aliphatic rings. The number of rotatable bonds is 4. The second-order valence-electron chi connectivity index (χ2n) is 11.7. The molecule has 6 nitrogen and oxygen atoms in total. The second-order valence-corrected chi connectivity index (χ2v) is 13.9. The van der Waals surface area contributed by atoms with Gasteiger partial charge in [0.2, 0.25) is 5.91 Å². The van der Waals surface area contributed by atoms with Crippen LogP contribution in [-0.2, 0) is 30.6 Å². The summed E-state index contributed by atoms with van der Waals surface area (Å²) in [5.74, 6) is -1.28. The zero-order chi connectivity index (χ0) is 26.2. The van der Waals surface area contributed by atoms with E-state index < -0.39 is 43.2 Å². The van der Waals surface area contributed by atoms with Crippen molar-refractivity contribution >= 4 is 21.7 Å². The topological polar surface area (TPSA) is 91.8 Å². The fourth-order valence-electron chi connectivity index (χ4n) is 7.86. The first-order valence-corrected chi connectivity index (χ1v) is 14.7. The van der Waals surface area contributed by atoms with E-state index in [0.29, 0.717) is 57.9 Å². The smallest absolute Gasteiger partial charge is 0.309 e. The zero-order valence-corrected chi connectivity index (χ0v) is 21.8. The molecule has 2 atom stereocenters. The Balaban J connectivity index is 1.43. The molecule has 196 valence electrons. The number of hydrogen-bond donors (Lipinski definition) is 1. The number of nitrogens with zero attached hydrogens (tertiary/aromatic N) is 1. The first kappa shape index (κ1) is 24.6. The normalized spacial score (nSPS) is 32.6. The maximum atomic E-state index is 14.4. The number of aliphatic carboxylic acids is 1. The summed E-state index contributed by atoms with van der Waals surface area (Å²) >= 11 is 0. The number of carbonyl (C=O) groups is 2. The summed E-state index contributed by atoms with van der Waals surface area (Å²) < 4.78 is 41.3. The number of carboxylic acids is 1. The van der Waals surface area contributed by atoms with E-state index in [1.54, 1.807) is 0 Å². The predicted octanol–water partition coefficient (Wildman–Crippen LogP) is 4.78. The lowest BCUT2D eigenvalue weighted by molar-refractivity contribution is -0.167. The SMILES string of the molecule is Cc1ccc2c(c1)CCC1N(C(=O)C34CCC(C(=O)O)(CC3)CC4)CCC21S(=O)(=O)c1ccc(F)cc1. The van der Waals surface area contributed by atoms with E-state index in [0.717, 1.165) is 16.7 Å². The Kier molecular flexibility index (Phi) is 5.40. The third-order valence-electron chi connectivity index (χ3n) is 10.1. The minimum atomic E-state index is -3.98. The highest BCUT2D eigenvalue weighted by molar-refractivity contribution is 7.92. The second kappa shape index (κ2) is 8.13. The van der Waals surface area contributed by atoms with Crippen molar-refractivity contribution in [2.45, 2.75) is 80.4 Å². The summed E-state index contributed by atoms with van der Waals surface area (Å²) in [5.41, 5.74) is 1.48. The van der Waals surface area contributed by atoms with Crippen molar-refractivity contribution in [1.29, 1.82) is 0 Å². The first-order valence-electron chi connectivity index (χ1n) is 13.2. The van der Waals surface area contributed by atoms with E-state index in [4.69, 9.17) is 0 Å². The van der Waals surface area contributed by atoms with E-state index in [2.05, 4.69) is 0 Å². The molecule has 7 rings (SSSR count). The number of carboxylic acid groups (broad SMARTS) is 1. The van der Waals surface area contributed by atoms with E-state index >= 15 is 0 Å². The van der Waals surface area contributed by atoms with Crippen LogP contribution < -0.4 is 0 Å². The van der Waals surface area contributed by atoms with Gasteiger partial charge in [0.05, 0.1) is 16.4 Å². The highest BCUT2D eigenvalue weighted by atomic mass is 32.2. The van der Waals surface area contributed by atoms with Gasteiger partial charge in [0.15, 0.2) is 9.84 Å². The van der Waals surface area contributed by atoms with E-state index in [1.807, 2.05) is 30.0 Å². The zero-order valence-electron chi connectivity index (χ0n) is 21.0. The minimum Gasteiger partial charge on any atom is -0.481 e. The number of benzene rings is 2. The Morgan fingerprint density at radius 2 is 1.57 bits per heavy atom. The maximum Gasteiger partial charge on any atom is 0.309 e. The quantitative estimate of drug-likeness (QED) is 0.581. The third-order valence-corrected chi connectivity index (χ3v) is 12.6. The van der Waals surface area contributed by atoms with Gasteiger partial charge in [-0.3, -0.25) is 9.59 Å². The van der Waals surface area contributed by atoms with E-state index in [9.17, 15) is 27.5 Å². The largest absolute Gasteiger partial charge is 0.481 e.